The number of hydrogen-bond acceptors (Lipinski definition) is 2. The van der Waals surface area contributed by atoms with E-state index < -0.39 is 5.82 Å². The third-order valence-corrected chi connectivity index (χ3v) is 2.85. The van der Waals surface area contributed by atoms with Crippen LogP contribution in [0.5, 0.6) is 5.75 Å². The zero-order chi connectivity index (χ0) is 13.7. The Morgan fingerprint density at radius 1 is 1.44 bits per heavy atom. The van der Waals surface area contributed by atoms with Crippen molar-refractivity contribution in [1.82, 2.24) is 0 Å². The molecule has 0 saturated heterocycles. The minimum Gasteiger partial charge on any atom is -0.494 e. The van der Waals surface area contributed by atoms with Crippen LogP contribution >= 0.6 is 0 Å². The van der Waals surface area contributed by atoms with Crippen LogP contribution in [0.25, 0.3) is 0 Å². The number of carbonyl (C=O) groups excluding carboxylic acids is 1. The number of nitrogens with two attached hydrogens (primary N) is 1. The Morgan fingerprint density at radius 2 is 2.11 bits per heavy atom. The average molecular weight is 253 g/mol. The van der Waals surface area contributed by atoms with E-state index in [0.29, 0.717) is 5.92 Å². The molecule has 0 aliphatic rings. The molecule has 1 unspecified atom stereocenters. The van der Waals surface area contributed by atoms with Crippen molar-refractivity contribution in [3.8, 4) is 5.75 Å². The van der Waals surface area contributed by atoms with Crippen molar-refractivity contribution >= 4 is 5.91 Å². The predicted molar refractivity (Wildman–Crippen MR) is 69.0 cm³/mol. The summed E-state index contributed by atoms with van der Waals surface area (Å²) in [6.07, 6.45) is 1.04. The Kier molecular flexibility index (Phi) is 5.13. The van der Waals surface area contributed by atoms with Crippen LogP contribution in [0.4, 0.5) is 4.39 Å². The monoisotopic (exact) mass is 253 g/mol. The second kappa shape index (κ2) is 6.38. The molecule has 0 spiro atoms. The first-order chi connectivity index (χ1) is 8.43. The van der Waals surface area contributed by atoms with Gasteiger partial charge in [0, 0.05) is 6.42 Å². The summed E-state index contributed by atoms with van der Waals surface area (Å²) in [6.45, 7) is 4.13. The maximum Gasteiger partial charge on any atom is 0.218 e. The molecule has 1 amide bonds. The minimum absolute atomic E-state index is 0.0390. The van der Waals surface area contributed by atoms with Crippen molar-refractivity contribution in [2.24, 2.45) is 11.7 Å². The van der Waals surface area contributed by atoms with Gasteiger partial charge in [0.2, 0.25) is 5.91 Å². The summed E-state index contributed by atoms with van der Waals surface area (Å²) in [7, 11) is 1.42. The molecule has 1 aromatic carbocycles. The van der Waals surface area contributed by atoms with Crippen LogP contribution in [-0.4, -0.2) is 13.0 Å². The van der Waals surface area contributed by atoms with Gasteiger partial charge >= 0.3 is 0 Å². The number of methoxy groups -OCH3 is 1. The second-order valence-corrected chi connectivity index (χ2v) is 4.89. The van der Waals surface area contributed by atoms with Crippen molar-refractivity contribution in [3.63, 3.8) is 0 Å². The average Bonchev–Trinajstić information content (AvgIpc) is 2.26. The van der Waals surface area contributed by atoms with Gasteiger partial charge in [-0.05, 0) is 36.0 Å². The van der Waals surface area contributed by atoms with Crippen molar-refractivity contribution in [2.75, 3.05) is 7.11 Å². The second-order valence-electron chi connectivity index (χ2n) is 4.89. The first-order valence-corrected chi connectivity index (χ1v) is 6.05. The third kappa shape index (κ3) is 4.02. The van der Waals surface area contributed by atoms with E-state index >= 15 is 0 Å². The number of carbonyl (C=O) groups is 1. The number of benzene rings is 1. The molecule has 0 bridgehead atoms. The minimum atomic E-state index is -0.409. The summed E-state index contributed by atoms with van der Waals surface area (Å²) in [5.41, 5.74) is 6.04. The Hall–Kier alpha value is -1.58. The molecule has 1 rings (SSSR count). The SMILES string of the molecule is COc1ccc(C(CC(N)=O)CC(C)C)cc1F. The quantitative estimate of drug-likeness (QED) is 0.847. The van der Waals surface area contributed by atoms with Gasteiger partial charge in [0.25, 0.3) is 0 Å². The molecule has 4 heteroatoms. The number of hydrogen-bond donors (Lipinski definition) is 1. The van der Waals surface area contributed by atoms with Crippen LogP contribution in [0.1, 0.15) is 38.2 Å². The molecule has 2 N–H and O–H groups in total. The van der Waals surface area contributed by atoms with E-state index in [1.807, 2.05) is 0 Å². The lowest BCUT2D eigenvalue weighted by molar-refractivity contribution is -0.118. The molecule has 0 aromatic heterocycles. The zero-order valence-electron chi connectivity index (χ0n) is 11.1. The fourth-order valence-electron chi connectivity index (χ4n) is 2.09. The number of rotatable bonds is 6. The number of ether oxygens (including phenoxy) is 1. The van der Waals surface area contributed by atoms with Crippen LogP contribution < -0.4 is 10.5 Å². The molecule has 3 nitrogen and oxygen atoms in total. The van der Waals surface area contributed by atoms with Gasteiger partial charge in [0.05, 0.1) is 7.11 Å². The van der Waals surface area contributed by atoms with Gasteiger partial charge < -0.3 is 10.5 Å². The molecule has 100 valence electrons. The highest BCUT2D eigenvalue weighted by molar-refractivity contribution is 5.74. The molecule has 1 aromatic rings. The Bertz CT molecular complexity index is 418. The lowest BCUT2D eigenvalue weighted by Gasteiger charge is -2.18. The lowest BCUT2D eigenvalue weighted by atomic mass is 9.87. The Labute approximate surface area is 107 Å². The summed E-state index contributed by atoms with van der Waals surface area (Å²) in [5.74, 6) is -0.186. The van der Waals surface area contributed by atoms with E-state index in [1.54, 1.807) is 12.1 Å². The molecule has 0 fully saturated rings. The van der Waals surface area contributed by atoms with Crippen LogP contribution in [0.3, 0.4) is 0 Å². The summed E-state index contributed by atoms with van der Waals surface area (Å²) in [4.78, 5) is 11.1. The molecular weight excluding hydrogens is 233 g/mol. The van der Waals surface area contributed by atoms with Crippen LogP contribution in [0, 0.1) is 11.7 Å². The summed E-state index contributed by atoms with van der Waals surface area (Å²) in [6, 6.07) is 4.80. The first-order valence-electron chi connectivity index (χ1n) is 6.05. The zero-order valence-corrected chi connectivity index (χ0v) is 11.1. The van der Waals surface area contributed by atoms with E-state index in [1.165, 1.54) is 13.2 Å². The molecule has 0 radical (unpaired) electrons. The molecule has 0 saturated carbocycles. The molecule has 0 aliphatic carbocycles. The van der Waals surface area contributed by atoms with Crippen molar-refractivity contribution in [2.45, 2.75) is 32.6 Å². The predicted octanol–water partition coefficient (Wildman–Crippen LogP) is 2.84. The molecule has 18 heavy (non-hydrogen) atoms. The molecular formula is C14H20FNO2. The number of halogens is 1. The number of primary amides is 1. The third-order valence-electron chi connectivity index (χ3n) is 2.85. The molecule has 0 aliphatic heterocycles. The number of amides is 1. The van der Waals surface area contributed by atoms with Gasteiger partial charge in [-0.2, -0.15) is 0 Å². The topological polar surface area (TPSA) is 52.3 Å². The standard InChI is InChI=1S/C14H20FNO2/c1-9(2)6-11(8-14(16)17)10-4-5-13(18-3)12(15)7-10/h4-5,7,9,11H,6,8H2,1-3H3,(H2,16,17). The normalized spacial score (nSPS) is 12.5. The van der Waals surface area contributed by atoms with Gasteiger partial charge in [0.15, 0.2) is 11.6 Å². The smallest absolute Gasteiger partial charge is 0.218 e. The highest BCUT2D eigenvalue weighted by atomic mass is 19.1. The summed E-state index contributed by atoms with van der Waals surface area (Å²) < 4.78 is 18.5. The van der Waals surface area contributed by atoms with E-state index in [4.69, 9.17) is 10.5 Å². The lowest BCUT2D eigenvalue weighted by Crippen LogP contribution is -2.16. The van der Waals surface area contributed by atoms with Gasteiger partial charge in [-0.1, -0.05) is 19.9 Å². The summed E-state index contributed by atoms with van der Waals surface area (Å²) in [5, 5.41) is 0. The Balaban J connectivity index is 2.97. The fourth-order valence-corrected chi connectivity index (χ4v) is 2.09. The highest BCUT2D eigenvalue weighted by Gasteiger charge is 2.17. The highest BCUT2D eigenvalue weighted by Crippen LogP contribution is 2.29. The van der Waals surface area contributed by atoms with E-state index in [-0.39, 0.29) is 24.0 Å². The van der Waals surface area contributed by atoms with E-state index in [0.717, 1.165) is 12.0 Å². The fraction of sp³-hybridized carbons (Fsp3) is 0.500. The van der Waals surface area contributed by atoms with Gasteiger partial charge in [-0.25, -0.2) is 4.39 Å². The summed E-state index contributed by atoms with van der Waals surface area (Å²) >= 11 is 0. The van der Waals surface area contributed by atoms with Gasteiger partial charge in [-0.3, -0.25) is 4.79 Å². The molecule has 1 atom stereocenters. The van der Waals surface area contributed by atoms with E-state index in [9.17, 15) is 9.18 Å². The van der Waals surface area contributed by atoms with Crippen molar-refractivity contribution < 1.29 is 13.9 Å². The maximum atomic E-state index is 13.6. The van der Waals surface area contributed by atoms with Crippen LogP contribution in [-0.2, 0) is 4.79 Å². The van der Waals surface area contributed by atoms with Gasteiger partial charge in [0.1, 0.15) is 0 Å². The van der Waals surface area contributed by atoms with Crippen molar-refractivity contribution in [3.05, 3.63) is 29.6 Å². The van der Waals surface area contributed by atoms with Crippen LogP contribution in [0.15, 0.2) is 18.2 Å². The first kappa shape index (κ1) is 14.5. The Morgan fingerprint density at radius 3 is 2.56 bits per heavy atom. The van der Waals surface area contributed by atoms with Crippen LogP contribution in [0.2, 0.25) is 0 Å². The largest absolute Gasteiger partial charge is 0.494 e. The maximum absolute atomic E-state index is 13.6. The van der Waals surface area contributed by atoms with E-state index in [2.05, 4.69) is 13.8 Å². The molecule has 0 heterocycles. The van der Waals surface area contributed by atoms with Crippen molar-refractivity contribution in [1.29, 1.82) is 0 Å². The van der Waals surface area contributed by atoms with Gasteiger partial charge in [-0.15, -0.1) is 0 Å².